The minimum Gasteiger partial charge on any atom is -0.325 e. The fourth-order valence-electron chi connectivity index (χ4n) is 2.60. The van der Waals surface area contributed by atoms with Crippen molar-refractivity contribution in [1.29, 1.82) is 0 Å². The van der Waals surface area contributed by atoms with Crippen molar-refractivity contribution in [3.8, 4) is 0 Å². The number of hydrogen-bond acceptors (Lipinski definition) is 6. The molecule has 7 nitrogen and oxygen atoms in total. The van der Waals surface area contributed by atoms with E-state index in [0.29, 0.717) is 42.3 Å². The highest BCUT2D eigenvalue weighted by Gasteiger charge is 2.30. The summed E-state index contributed by atoms with van der Waals surface area (Å²) in [6.07, 6.45) is 1.25. The molecule has 2 aromatic rings. The van der Waals surface area contributed by atoms with Crippen molar-refractivity contribution >= 4 is 23.1 Å². The Bertz CT molecular complexity index is 979. The molecule has 0 bridgehead atoms. The number of halogens is 3. The van der Waals surface area contributed by atoms with Crippen molar-refractivity contribution in [3.63, 3.8) is 0 Å². The maximum atomic E-state index is 12.7. The molecule has 30 heavy (non-hydrogen) atoms. The molecule has 0 fully saturated rings. The van der Waals surface area contributed by atoms with Gasteiger partial charge in [0.25, 0.3) is 0 Å². The summed E-state index contributed by atoms with van der Waals surface area (Å²) in [5.74, 6) is 0.202. The number of carbonyl (C=O) groups is 1. The molecule has 10 heteroatoms. The zero-order valence-corrected chi connectivity index (χ0v) is 16.1. The Morgan fingerprint density at radius 1 is 1.07 bits per heavy atom. The third-order valence-electron chi connectivity index (χ3n) is 4.09. The Hall–Kier alpha value is -3.43. The van der Waals surface area contributed by atoms with Gasteiger partial charge in [0.1, 0.15) is 11.4 Å². The predicted octanol–water partition coefficient (Wildman–Crippen LogP) is 4.88. The molecular formula is C20H19F3N6O. The van der Waals surface area contributed by atoms with Crippen LogP contribution >= 0.6 is 0 Å². The van der Waals surface area contributed by atoms with Gasteiger partial charge in [0.15, 0.2) is 5.84 Å². The molecule has 0 saturated heterocycles. The highest BCUT2D eigenvalue weighted by atomic mass is 19.4. The monoisotopic (exact) mass is 416 g/mol. The van der Waals surface area contributed by atoms with E-state index in [-0.39, 0.29) is 11.6 Å². The smallest absolute Gasteiger partial charge is 0.325 e. The Morgan fingerprint density at radius 3 is 2.47 bits per heavy atom. The summed E-state index contributed by atoms with van der Waals surface area (Å²) in [5.41, 5.74) is 0.853. The van der Waals surface area contributed by atoms with Crippen LogP contribution in [0, 0.1) is 0 Å². The third kappa shape index (κ3) is 5.56. The predicted molar refractivity (Wildman–Crippen MR) is 106 cm³/mol. The average molecular weight is 416 g/mol. The highest BCUT2D eigenvalue weighted by molar-refractivity contribution is 5.98. The number of pyridine rings is 2. The SMILES string of the molecule is CCCC(=O)Nc1ccc(C2=NCCC=C(c3ccc(C(F)(F)F)cn3)N=N2)nc1. The van der Waals surface area contributed by atoms with Gasteiger partial charge in [0.2, 0.25) is 5.91 Å². The molecule has 0 radical (unpaired) electrons. The number of hydrogen-bond donors (Lipinski definition) is 1. The van der Waals surface area contributed by atoms with Crippen molar-refractivity contribution in [2.45, 2.75) is 32.4 Å². The van der Waals surface area contributed by atoms with E-state index in [1.165, 1.54) is 12.3 Å². The van der Waals surface area contributed by atoms with E-state index in [2.05, 4.69) is 30.5 Å². The fraction of sp³-hybridized carbons (Fsp3) is 0.300. The first-order chi connectivity index (χ1) is 14.4. The quantitative estimate of drug-likeness (QED) is 0.753. The number of carbonyl (C=O) groups excluding carboxylic acids is 1. The molecule has 0 aromatic carbocycles. The van der Waals surface area contributed by atoms with Gasteiger partial charge in [-0.1, -0.05) is 13.0 Å². The third-order valence-corrected chi connectivity index (χ3v) is 4.09. The Morgan fingerprint density at radius 2 is 1.83 bits per heavy atom. The zero-order valence-electron chi connectivity index (χ0n) is 16.1. The second kappa shape index (κ2) is 9.38. The molecule has 0 atom stereocenters. The number of alkyl halides is 3. The number of amidine groups is 1. The van der Waals surface area contributed by atoms with Crippen LogP contribution in [0.3, 0.4) is 0 Å². The van der Waals surface area contributed by atoms with Crippen molar-refractivity contribution in [1.82, 2.24) is 9.97 Å². The highest BCUT2D eigenvalue weighted by Crippen LogP contribution is 2.29. The molecule has 156 valence electrons. The number of rotatable bonds is 5. The molecule has 3 rings (SSSR count). The van der Waals surface area contributed by atoms with E-state index in [1.54, 1.807) is 18.2 Å². The van der Waals surface area contributed by atoms with E-state index in [1.807, 2.05) is 6.92 Å². The average Bonchev–Trinajstić information content (AvgIpc) is 2.69. The van der Waals surface area contributed by atoms with Crippen LogP contribution in [0.5, 0.6) is 0 Å². The number of aromatic nitrogens is 2. The molecule has 1 aliphatic rings. The van der Waals surface area contributed by atoms with Crippen LogP contribution in [0.4, 0.5) is 18.9 Å². The lowest BCUT2D eigenvalue weighted by Crippen LogP contribution is -2.11. The molecule has 3 heterocycles. The standard InChI is InChI=1S/C20H19F3N6O/c1-2-4-18(30)27-14-7-9-17(26-12-14)19-24-10-3-5-16(28-29-19)15-8-6-13(11-25-15)20(21,22)23/h5-9,11-12H,2-4,10H2,1H3,(H,27,30). The van der Waals surface area contributed by atoms with Crippen LogP contribution in [-0.4, -0.2) is 28.3 Å². The lowest BCUT2D eigenvalue weighted by atomic mass is 10.2. The molecule has 1 N–H and O–H groups in total. The second-order valence-electron chi connectivity index (χ2n) is 6.44. The molecule has 1 aliphatic heterocycles. The van der Waals surface area contributed by atoms with Gasteiger partial charge < -0.3 is 5.32 Å². The first-order valence-electron chi connectivity index (χ1n) is 9.33. The van der Waals surface area contributed by atoms with Crippen LogP contribution in [0.25, 0.3) is 5.70 Å². The van der Waals surface area contributed by atoms with E-state index < -0.39 is 11.7 Å². The van der Waals surface area contributed by atoms with E-state index in [9.17, 15) is 18.0 Å². The summed E-state index contributed by atoms with van der Waals surface area (Å²) in [4.78, 5) is 24.1. The van der Waals surface area contributed by atoms with Gasteiger partial charge in [-0.15, -0.1) is 10.2 Å². The van der Waals surface area contributed by atoms with Crippen molar-refractivity contribution in [2.24, 2.45) is 15.2 Å². The first kappa shape index (κ1) is 21.3. The fourth-order valence-corrected chi connectivity index (χ4v) is 2.60. The van der Waals surface area contributed by atoms with Crippen LogP contribution in [-0.2, 0) is 11.0 Å². The number of anilines is 1. The number of amides is 1. The normalized spacial score (nSPS) is 14.4. The zero-order chi connectivity index (χ0) is 21.6. The van der Waals surface area contributed by atoms with E-state index in [0.717, 1.165) is 18.7 Å². The maximum Gasteiger partial charge on any atom is 0.417 e. The van der Waals surface area contributed by atoms with Gasteiger partial charge >= 0.3 is 6.18 Å². The van der Waals surface area contributed by atoms with Gasteiger partial charge in [0, 0.05) is 19.2 Å². The summed E-state index contributed by atoms with van der Waals surface area (Å²) in [6, 6.07) is 5.58. The number of aliphatic imine (C=N–C) groups is 1. The molecule has 0 saturated carbocycles. The summed E-state index contributed by atoms with van der Waals surface area (Å²) in [5, 5.41) is 10.9. The van der Waals surface area contributed by atoms with E-state index >= 15 is 0 Å². The lowest BCUT2D eigenvalue weighted by molar-refractivity contribution is -0.137. The largest absolute Gasteiger partial charge is 0.417 e. The van der Waals surface area contributed by atoms with Crippen molar-refractivity contribution in [3.05, 3.63) is 59.7 Å². The van der Waals surface area contributed by atoms with Crippen LogP contribution in [0.2, 0.25) is 0 Å². The van der Waals surface area contributed by atoms with Gasteiger partial charge in [-0.25, -0.2) is 0 Å². The summed E-state index contributed by atoms with van der Waals surface area (Å²) >= 11 is 0. The molecule has 0 spiro atoms. The Labute approximate surface area is 170 Å². The summed E-state index contributed by atoms with van der Waals surface area (Å²) in [6.45, 7) is 2.33. The Kier molecular flexibility index (Phi) is 6.65. The van der Waals surface area contributed by atoms with E-state index in [4.69, 9.17) is 0 Å². The number of nitrogens with one attached hydrogen (secondary N) is 1. The van der Waals surface area contributed by atoms with Gasteiger partial charge in [0.05, 0.1) is 23.1 Å². The van der Waals surface area contributed by atoms with Crippen molar-refractivity contribution in [2.75, 3.05) is 11.9 Å². The van der Waals surface area contributed by atoms with Crippen molar-refractivity contribution < 1.29 is 18.0 Å². The van der Waals surface area contributed by atoms with Crippen LogP contribution in [0.15, 0.2) is 58.0 Å². The van der Waals surface area contributed by atoms with Crippen LogP contribution < -0.4 is 5.32 Å². The number of nitrogens with zero attached hydrogens (tertiary/aromatic N) is 5. The molecule has 0 aliphatic carbocycles. The summed E-state index contributed by atoms with van der Waals surface area (Å²) < 4.78 is 38.1. The molecule has 1 amide bonds. The minimum absolute atomic E-state index is 0.0890. The summed E-state index contributed by atoms with van der Waals surface area (Å²) in [7, 11) is 0. The van der Waals surface area contributed by atoms with Gasteiger partial charge in [-0.2, -0.15) is 13.2 Å². The first-order valence-corrected chi connectivity index (χ1v) is 9.33. The molecule has 2 aromatic heterocycles. The molecular weight excluding hydrogens is 397 g/mol. The minimum atomic E-state index is -4.45. The second-order valence-corrected chi connectivity index (χ2v) is 6.44. The number of azo groups is 1. The Balaban J connectivity index is 1.75. The van der Waals surface area contributed by atoms with Gasteiger partial charge in [-0.05, 0) is 37.1 Å². The van der Waals surface area contributed by atoms with Gasteiger partial charge in [-0.3, -0.25) is 19.8 Å². The lowest BCUT2D eigenvalue weighted by Gasteiger charge is -2.08. The van der Waals surface area contributed by atoms with Crippen LogP contribution in [0.1, 0.15) is 43.1 Å². The topological polar surface area (TPSA) is 92.0 Å². The maximum absolute atomic E-state index is 12.7. The molecule has 0 unspecified atom stereocenters.